The molecule has 1 rings (SSSR count). The van der Waals surface area contributed by atoms with Gasteiger partial charge in [-0.2, -0.15) is 0 Å². The summed E-state index contributed by atoms with van der Waals surface area (Å²) in [7, 11) is -3.99. The zero-order valence-electron chi connectivity index (χ0n) is 6.58. The SMILES string of the molecule is C=Cc1cc[c]([Ni][S](=O)(=O)O)cc1. The average Bonchev–Trinajstić information content (AvgIpc) is 2.03. The molecule has 0 aliphatic carbocycles. The fourth-order valence-electron chi connectivity index (χ4n) is 0.726. The molecule has 0 radical (unpaired) electrons. The molecule has 0 bridgehead atoms. The summed E-state index contributed by atoms with van der Waals surface area (Å²) in [4.78, 5) is 0. The van der Waals surface area contributed by atoms with Gasteiger partial charge in [-0.15, -0.1) is 0 Å². The summed E-state index contributed by atoms with van der Waals surface area (Å²) in [6, 6.07) is 6.69. The van der Waals surface area contributed by atoms with Gasteiger partial charge < -0.3 is 0 Å². The van der Waals surface area contributed by atoms with Gasteiger partial charge in [-0.1, -0.05) is 0 Å². The Kier molecular flexibility index (Phi) is 3.25. The Morgan fingerprint density at radius 2 is 1.85 bits per heavy atom. The molecule has 0 spiro atoms. The summed E-state index contributed by atoms with van der Waals surface area (Å²) in [6.45, 7) is 3.56. The fourth-order valence-corrected chi connectivity index (χ4v) is 2.45. The molecule has 13 heavy (non-hydrogen) atoms. The Hall–Kier alpha value is -0.636. The summed E-state index contributed by atoms with van der Waals surface area (Å²) in [5.74, 6) is 0. The first-order valence-corrected chi connectivity index (χ1v) is 6.31. The monoisotopic (exact) mass is 242 g/mol. The van der Waals surface area contributed by atoms with Gasteiger partial charge in [0.25, 0.3) is 0 Å². The van der Waals surface area contributed by atoms with Crippen LogP contribution < -0.4 is 4.53 Å². The van der Waals surface area contributed by atoms with Crippen molar-refractivity contribution in [3.05, 3.63) is 36.4 Å². The summed E-state index contributed by atoms with van der Waals surface area (Å²) in [6.07, 6.45) is 1.66. The van der Waals surface area contributed by atoms with Gasteiger partial charge in [-0.3, -0.25) is 0 Å². The van der Waals surface area contributed by atoms with Crippen molar-refractivity contribution in [3.63, 3.8) is 0 Å². The molecule has 0 saturated carbocycles. The van der Waals surface area contributed by atoms with Crippen molar-refractivity contribution in [1.29, 1.82) is 0 Å². The second-order valence-corrected chi connectivity index (χ2v) is 5.76. The van der Waals surface area contributed by atoms with Crippen LogP contribution >= 0.6 is 0 Å². The number of rotatable bonds is 3. The van der Waals surface area contributed by atoms with Crippen LogP contribution in [0.1, 0.15) is 5.56 Å². The van der Waals surface area contributed by atoms with Crippen molar-refractivity contribution in [2.24, 2.45) is 0 Å². The average molecular weight is 243 g/mol. The molecule has 0 aliphatic rings. The first-order chi connectivity index (χ1) is 6.01. The van der Waals surface area contributed by atoms with E-state index in [1.807, 2.05) is 0 Å². The van der Waals surface area contributed by atoms with Gasteiger partial charge in [0.1, 0.15) is 0 Å². The molecule has 1 aromatic carbocycles. The van der Waals surface area contributed by atoms with Crippen LogP contribution in [0.4, 0.5) is 0 Å². The Bertz CT molecular complexity index is 394. The van der Waals surface area contributed by atoms with Crippen LogP contribution in [0.3, 0.4) is 0 Å². The molecule has 5 heteroatoms. The molecule has 74 valence electrons. The zero-order valence-corrected chi connectivity index (χ0v) is 8.39. The van der Waals surface area contributed by atoms with E-state index in [-0.39, 0.29) is 13.3 Å². The van der Waals surface area contributed by atoms with Crippen LogP contribution in [0.2, 0.25) is 0 Å². The Labute approximate surface area is 82.2 Å². The van der Waals surface area contributed by atoms with E-state index in [1.165, 1.54) is 0 Å². The third-order valence-corrected chi connectivity index (χ3v) is 3.35. The molecule has 0 amide bonds. The van der Waals surface area contributed by atoms with Crippen molar-refractivity contribution in [1.82, 2.24) is 0 Å². The van der Waals surface area contributed by atoms with E-state index in [0.29, 0.717) is 4.53 Å². The van der Waals surface area contributed by atoms with Gasteiger partial charge in [0.05, 0.1) is 0 Å². The molecule has 0 saturated heterocycles. The summed E-state index contributed by atoms with van der Waals surface area (Å²) in [5.41, 5.74) is 0.906. The van der Waals surface area contributed by atoms with Crippen LogP contribution in [-0.2, 0) is 22.0 Å². The molecule has 0 aliphatic heterocycles. The second kappa shape index (κ2) is 4.05. The van der Waals surface area contributed by atoms with E-state index in [9.17, 15) is 8.42 Å². The van der Waals surface area contributed by atoms with Crippen LogP contribution in [0, 0.1) is 0 Å². The van der Waals surface area contributed by atoms with Gasteiger partial charge in [0.2, 0.25) is 0 Å². The van der Waals surface area contributed by atoms with Gasteiger partial charge in [-0.05, 0) is 0 Å². The Balaban J connectivity index is 2.87. The fraction of sp³-hybridized carbons (Fsp3) is 0. The molecular weight excluding hydrogens is 235 g/mol. The quantitative estimate of drug-likeness (QED) is 0.632. The van der Waals surface area contributed by atoms with Gasteiger partial charge in [0.15, 0.2) is 0 Å². The van der Waals surface area contributed by atoms with Crippen molar-refractivity contribution in [2.75, 3.05) is 0 Å². The summed E-state index contributed by atoms with van der Waals surface area (Å²) >= 11 is 0.224. The van der Waals surface area contributed by atoms with E-state index in [4.69, 9.17) is 4.55 Å². The number of hydrogen-bond acceptors (Lipinski definition) is 2. The summed E-state index contributed by atoms with van der Waals surface area (Å²) in [5, 5.41) is 0. The van der Waals surface area contributed by atoms with Crippen molar-refractivity contribution >= 4 is 19.2 Å². The molecule has 0 fully saturated rings. The zero-order chi connectivity index (χ0) is 9.90. The van der Waals surface area contributed by atoms with Crippen molar-refractivity contribution < 1.29 is 26.3 Å². The molecule has 0 atom stereocenters. The third-order valence-electron chi connectivity index (χ3n) is 1.24. The predicted molar refractivity (Wildman–Crippen MR) is 47.7 cm³/mol. The van der Waals surface area contributed by atoms with Crippen LogP contribution in [-0.4, -0.2) is 13.0 Å². The topological polar surface area (TPSA) is 54.4 Å². The third kappa shape index (κ3) is 3.72. The van der Waals surface area contributed by atoms with Crippen LogP contribution in [0.25, 0.3) is 6.08 Å². The minimum atomic E-state index is -3.99. The van der Waals surface area contributed by atoms with Crippen molar-refractivity contribution in [2.45, 2.75) is 0 Å². The van der Waals surface area contributed by atoms with Gasteiger partial charge in [0, 0.05) is 0 Å². The standard InChI is InChI=1S/C8H7.Ni.HO3S/c1-2-8-6-4-3-5-7-8;;1-4(2)3/h2,4-7H,1H2;;(H,1,2,3). The van der Waals surface area contributed by atoms with E-state index >= 15 is 0 Å². The van der Waals surface area contributed by atoms with E-state index in [1.54, 1.807) is 30.3 Å². The molecule has 1 N–H and O–H groups in total. The number of benzene rings is 1. The summed E-state index contributed by atoms with van der Waals surface area (Å²) < 4.78 is 29.9. The predicted octanol–water partition coefficient (Wildman–Crippen LogP) is 0.840. The van der Waals surface area contributed by atoms with E-state index in [0.717, 1.165) is 5.56 Å². The number of hydrogen-bond donors (Lipinski definition) is 1. The van der Waals surface area contributed by atoms with E-state index < -0.39 is 8.64 Å². The minimum absolute atomic E-state index is 0.224. The Morgan fingerprint density at radius 3 is 2.23 bits per heavy atom. The van der Waals surface area contributed by atoms with Crippen molar-refractivity contribution in [3.8, 4) is 0 Å². The van der Waals surface area contributed by atoms with Crippen LogP contribution in [0.5, 0.6) is 0 Å². The molecule has 0 aromatic heterocycles. The molecule has 1 aromatic rings. The van der Waals surface area contributed by atoms with Gasteiger partial charge >= 0.3 is 82.0 Å². The first-order valence-electron chi connectivity index (χ1n) is 3.32. The molecule has 3 nitrogen and oxygen atoms in total. The second-order valence-electron chi connectivity index (χ2n) is 2.16. The maximum atomic E-state index is 10.5. The molecule has 0 unspecified atom stereocenters. The molecule has 0 heterocycles. The van der Waals surface area contributed by atoms with Crippen LogP contribution in [0.15, 0.2) is 30.8 Å². The van der Waals surface area contributed by atoms with E-state index in [2.05, 4.69) is 6.58 Å². The first kappa shape index (κ1) is 10.4. The normalized spacial score (nSPS) is 11.5. The Morgan fingerprint density at radius 1 is 1.31 bits per heavy atom. The maximum absolute atomic E-state index is 10.5. The van der Waals surface area contributed by atoms with Gasteiger partial charge in [-0.25, -0.2) is 0 Å². The molecular formula is C8H8NiO3S.